The highest BCUT2D eigenvalue weighted by atomic mass is 16.3. The molecule has 0 saturated heterocycles. The lowest BCUT2D eigenvalue weighted by Crippen LogP contribution is -2.20. The summed E-state index contributed by atoms with van der Waals surface area (Å²) in [4.78, 5) is 10.5. The van der Waals surface area contributed by atoms with Gasteiger partial charge in [-0.1, -0.05) is 6.07 Å². The van der Waals surface area contributed by atoms with Gasteiger partial charge >= 0.3 is 0 Å². The summed E-state index contributed by atoms with van der Waals surface area (Å²) in [5.74, 6) is 0.662. The number of phenolic OH excluding ortho intramolecular Hbond substituents is 1. The van der Waals surface area contributed by atoms with E-state index in [0.29, 0.717) is 18.2 Å². The predicted molar refractivity (Wildman–Crippen MR) is 77.0 cm³/mol. The summed E-state index contributed by atoms with van der Waals surface area (Å²) in [6, 6.07) is 8.85. The van der Waals surface area contributed by atoms with Crippen LogP contribution in [0.2, 0.25) is 0 Å². The van der Waals surface area contributed by atoms with Gasteiger partial charge in [0.1, 0.15) is 17.5 Å². The topological polar surface area (TPSA) is 73.0 Å². The van der Waals surface area contributed by atoms with Crippen molar-refractivity contribution >= 4 is 11.6 Å². The molecule has 2 rings (SSSR count). The molecule has 0 saturated carbocycles. The first-order chi connectivity index (χ1) is 9.55. The molecule has 0 bridgehead atoms. The van der Waals surface area contributed by atoms with E-state index < -0.39 is 0 Å². The third-order valence-electron chi connectivity index (χ3n) is 3.00. The van der Waals surface area contributed by atoms with Gasteiger partial charge in [0.05, 0.1) is 5.69 Å². The van der Waals surface area contributed by atoms with Crippen LogP contribution in [-0.4, -0.2) is 21.6 Å². The first-order valence-electron chi connectivity index (χ1n) is 6.38. The number of nitrogens with zero attached hydrogens (tertiary/aromatic N) is 4. The van der Waals surface area contributed by atoms with Gasteiger partial charge in [0.15, 0.2) is 0 Å². The van der Waals surface area contributed by atoms with Gasteiger partial charge in [0.25, 0.3) is 0 Å². The number of nitriles is 1. The number of aromatic nitrogens is 2. The second-order valence-corrected chi connectivity index (χ2v) is 4.52. The number of hydrogen-bond acceptors (Lipinski definition) is 5. The third-order valence-corrected chi connectivity index (χ3v) is 3.00. The molecule has 0 aliphatic heterocycles. The number of rotatable bonds is 3. The zero-order valence-corrected chi connectivity index (χ0v) is 11.8. The second-order valence-electron chi connectivity index (χ2n) is 4.52. The summed E-state index contributed by atoms with van der Waals surface area (Å²) >= 11 is 0. The van der Waals surface area contributed by atoms with Crippen molar-refractivity contribution in [2.75, 3.05) is 11.4 Å². The van der Waals surface area contributed by atoms with Crippen LogP contribution in [0.4, 0.5) is 11.6 Å². The molecule has 1 N–H and O–H groups in total. The molecule has 0 spiro atoms. The number of benzene rings is 1. The van der Waals surface area contributed by atoms with Crippen LogP contribution in [0.15, 0.2) is 24.3 Å². The third kappa shape index (κ3) is 2.69. The normalized spacial score (nSPS) is 10.1. The summed E-state index contributed by atoms with van der Waals surface area (Å²) in [6.45, 7) is 6.40. The van der Waals surface area contributed by atoms with Crippen LogP contribution in [0.1, 0.15) is 23.9 Å². The molecule has 1 aromatic heterocycles. The molecule has 0 aliphatic carbocycles. The van der Waals surface area contributed by atoms with Gasteiger partial charge in [-0.05, 0) is 38.5 Å². The van der Waals surface area contributed by atoms with E-state index in [0.717, 1.165) is 16.9 Å². The van der Waals surface area contributed by atoms with Gasteiger partial charge in [-0.2, -0.15) is 5.26 Å². The molecule has 0 atom stereocenters. The molecule has 0 radical (unpaired) electrons. The smallest absolute Gasteiger partial charge is 0.231 e. The number of phenols is 1. The first kappa shape index (κ1) is 13.8. The van der Waals surface area contributed by atoms with Crippen LogP contribution in [-0.2, 0) is 0 Å². The fraction of sp³-hybridized carbons (Fsp3) is 0.267. The van der Waals surface area contributed by atoms with Crippen molar-refractivity contribution in [3.05, 3.63) is 41.2 Å². The summed E-state index contributed by atoms with van der Waals surface area (Å²) in [5, 5.41) is 18.7. The SMILES string of the molecule is CCN(c1nc(C)cc(C#N)n1)c1cc(O)ccc1C. The molecule has 0 aliphatic rings. The molecule has 102 valence electrons. The fourth-order valence-electron chi connectivity index (χ4n) is 2.04. The standard InChI is InChI=1S/C15H16N4O/c1-4-19(14-8-13(20)6-5-10(14)2)15-17-11(3)7-12(9-16)18-15/h5-8,20H,4H2,1-3H3. The Labute approximate surface area is 118 Å². The molecule has 20 heavy (non-hydrogen) atoms. The van der Waals surface area contributed by atoms with Crippen LogP contribution >= 0.6 is 0 Å². The van der Waals surface area contributed by atoms with Crippen LogP contribution in [0.5, 0.6) is 5.75 Å². The molecule has 0 amide bonds. The number of hydrogen-bond donors (Lipinski definition) is 1. The maximum absolute atomic E-state index is 9.66. The maximum Gasteiger partial charge on any atom is 0.231 e. The Morgan fingerprint density at radius 3 is 2.65 bits per heavy atom. The number of aryl methyl sites for hydroxylation is 2. The van der Waals surface area contributed by atoms with Crippen molar-refractivity contribution < 1.29 is 5.11 Å². The van der Waals surface area contributed by atoms with Gasteiger partial charge in [-0.3, -0.25) is 0 Å². The first-order valence-corrected chi connectivity index (χ1v) is 6.38. The summed E-state index contributed by atoms with van der Waals surface area (Å²) in [5.41, 5.74) is 2.92. The molecule has 2 aromatic rings. The van der Waals surface area contributed by atoms with Crippen LogP contribution < -0.4 is 4.90 Å². The summed E-state index contributed by atoms with van der Waals surface area (Å²) < 4.78 is 0. The van der Waals surface area contributed by atoms with Crippen molar-refractivity contribution in [1.82, 2.24) is 9.97 Å². The van der Waals surface area contributed by atoms with E-state index in [9.17, 15) is 5.11 Å². The highest BCUT2D eigenvalue weighted by Gasteiger charge is 2.14. The molecule has 1 heterocycles. The largest absolute Gasteiger partial charge is 0.508 e. The van der Waals surface area contributed by atoms with Gasteiger partial charge in [0, 0.05) is 18.3 Å². The monoisotopic (exact) mass is 268 g/mol. The van der Waals surface area contributed by atoms with Gasteiger partial charge in [-0.25, -0.2) is 9.97 Å². The highest BCUT2D eigenvalue weighted by Crippen LogP contribution is 2.29. The molecule has 5 nitrogen and oxygen atoms in total. The average molecular weight is 268 g/mol. The minimum atomic E-state index is 0.192. The average Bonchev–Trinajstić information content (AvgIpc) is 2.43. The maximum atomic E-state index is 9.66. The molecule has 5 heteroatoms. The van der Waals surface area contributed by atoms with Crippen molar-refractivity contribution in [3.63, 3.8) is 0 Å². The van der Waals surface area contributed by atoms with E-state index in [2.05, 4.69) is 9.97 Å². The lowest BCUT2D eigenvalue weighted by molar-refractivity contribution is 0.475. The predicted octanol–water partition coefficient (Wildman–Crippen LogP) is 2.83. The fourth-order valence-corrected chi connectivity index (χ4v) is 2.04. The molecule has 0 fully saturated rings. The Kier molecular flexibility index (Phi) is 3.85. The Hall–Kier alpha value is -2.61. The lowest BCUT2D eigenvalue weighted by atomic mass is 10.1. The highest BCUT2D eigenvalue weighted by molar-refractivity contribution is 5.63. The van der Waals surface area contributed by atoms with E-state index in [1.165, 1.54) is 0 Å². The van der Waals surface area contributed by atoms with Crippen LogP contribution in [0.3, 0.4) is 0 Å². The minimum Gasteiger partial charge on any atom is -0.508 e. The zero-order valence-electron chi connectivity index (χ0n) is 11.8. The van der Waals surface area contributed by atoms with E-state index in [1.807, 2.05) is 37.8 Å². The van der Waals surface area contributed by atoms with Gasteiger partial charge in [0.2, 0.25) is 5.95 Å². The molecular formula is C15H16N4O. The zero-order chi connectivity index (χ0) is 14.7. The molecule has 0 unspecified atom stereocenters. The number of anilines is 2. The minimum absolute atomic E-state index is 0.192. The van der Waals surface area contributed by atoms with Crippen molar-refractivity contribution in [1.29, 1.82) is 5.26 Å². The molecular weight excluding hydrogens is 252 g/mol. The Morgan fingerprint density at radius 1 is 1.25 bits per heavy atom. The van der Waals surface area contributed by atoms with Crippen molar-refractivity contribution in [2.24, 2.45) is 0 Å². The molecule has 1 aromatic carbocycles. The lowest BCUT2D eigenvalue weighted by Gasteiger charge is -2.23. The van der Waals surface area contributed by atoms with Crippen molar-refractivity contribution in [3.8, 4) is 11.8 Å². The van der Waals surface area contributed by atoms with E-state index in [-0.39, 0.29) is 5.75 Å². The summed E-state index contributed by atoms with van der Waals surface area (Å²) in [6.07, 6.45) is 0. The van der Waals surface area contributed by atoms with Gasteiger partial charge < -0.3 is 10.0 Å². The van der Waals surface area contributed by atoms with Crippen molar-refractivity contribution in [2.45, 2.75) is 20.8 Å². The number of aromatic hydroxyl groups is 1. The summed E-state index contributed by atoms with van der Waals surface area (Å²) in [7, 11) is 0. The van der Waals surface area contributed by atoms with Crippen LogP contribution in [0.25, 0.3) is 0 Å². The Bertz CT molecular complexity index is 676. The Balaban J connectivity index is 2.55. The van der Waals surface area contributed by atoms with Gasteiger partial charge in [-0.15, -0.1) is 0 Å². The quantitative estimate of drug-likeness (QED) is 0.926. The van der Waals surface area contributed by atoms with E-state index in [4.69, 9.17) is 5.26 Å². The second kappa shape index (κ2) is 5.57. The van der Waals surface area contributed by atoms with E-state index >= 15 is 0 Å². The Morgan fingerprint density at radius 2 is 2.00 bits per heavy atom. The van der Waals surface area contributed by atoms with Crippen LogP contribution in [0, 0.1) is 25.2 Å². The van der Waals surface area contributed by atoms with E-state index in [1.54, 1.807) is 18.2 Å².